The van der Waals surface area contributed by atoms with Gasteiger partial charge in [-0.1, -0.05) is 42.5 Å². The van der Waals surface area contributed by atoms with E-state index in [1.807, 2.05) is 41.9 Å². The number of hydrogen-bond acceptors (Lipinski definition) is 3. The zero-order valence-electron chi connectivity index (χ0n) is 9.21. The van der Waals surface area contributed by atoms with Crippen molar-refractivity contribution >= 4 is 23.4 Å². The van der Waals surface area contributed by atoms with Crippen LogP contribution in [0.3, 0.4) is 0 Å². The molecule has 5 heteroatoms. The van der Waals surface area contributed by atoms with E-state index >= 15 is 0 Å². The quantitative estimate of drug-likeness (QED) is 0.667. The number of aryl methyl sites for hydroxylation is 1. The van der Waals surface area contributed by atoms with Crippen LogP contribution in [0.2, 0.25) is 0 Å². The van der Waals surface area contributed by atoms with Crippen LogP contribution >= 0.6 is 12.2 Å². The SMILES string of the molecule is Cn1c(-c2ccccc2)nc2[nH]cnc(=S)c21. The standard InChI is InChI=1S/C12H10N4S/c1-16-9-10(13-7-14-12(9)17)15-11(16)8-5-3-2-4-6-8/h2-7H,1H3,(H,13,14,17). The van der Waals surface area contributed by atoms with Crippen molar-refractivity contribution < 1.29 is 0 Å². The highest BCUT2D eigenvalue weighted by molar-refractivity contribution is 7.71. The second-order valence-corrected chi connectivity index (χ2v) is 4.15. The number of benzene rings is 1. The number of nitrogens with one attached hydrogen (secondary N) is 1. The first-order valence-corrected chi connectivity index (χ1v) is 5.64. The Kier molecular flexibility index (Phi) is 2.26. The van der Waals surface area contributed by atoms with Crippen LogP contribution in [-0.2, 0) is 7.05 Å². The smallest absolute Gasteiger partial charge is 0.160 e. The molecule has 2 aromatic heterocycles. The molecule has 0 bridgehead atoms. The van der Waals surface area contributed by atoms with E-state index in [0.717, 1.165) is 22.6 Å². The van der Waals surface area contributed by atoms with Crippen LogP contribution in [0.4, 0.5) is 0 Å². The van der Waals surface area contributed by atoms with Crippen molar-refractivity contribution in [3.05, 3.63) is 41.3 Å². The normalized spacial score (nSPS) is 10.9. The van der Waals surface area contributed by atoms with Crippen molar-refractivity contribution in [1.82, 2.24) is 19.5 Å². The molecule has 84 valence electrons. The Balaban J connectivity index is 2.37. The van der Waals surface area contributed by atoms with Crippen LogP contribution in [0.25, 0.3) is 22.6 Å². The van der Waals surface area contributed by atoms with Crippen molar-refractivity contribution in [2.45, 2.75) is 0 Å². The van der Waals surface area contributed by atoms with Crippen LogP contribution in [0.5, 0.6) is 0 Å². The first-order valence-electron chi connectivity index (χ1n) is 5.23. The van der Waals surface area contributed by atoms with E-state index in [2.05, 4.69) is 15.0 Å². The number of fused-ring (bicyclic) bond motifs is 1. The van der Waals surface area contributed by atoms with Crippen molar-refractivity contribution in [2.24, 2.45) is 7.05 Å². The van der Waals surface area contributed by atoms with Gasteiger partial charge in [-0.25, -0.2) is 9.97 Å². The molecule has 4 nitrogen and oxygen atoms in total. The fourth-order valence-corrected chi connectivity index (χ4v) is 2.19. The predicted octanol–water partition coefficient (Wildman–Crippen LogP) is 2.69. The van der Waals surface area contributed by atoms with Gasteiger partial charge < -0.3 is 9.55 Å². The topological polar surface area (TPSA) is 46.5 Å². The highest BCUT2D eigenvalue weighted by atomic mass is 32.1. The molecule has 0 aliphatic carbocycles. The van der Waals surface area contributed by atoms with Crippen molar-refractivity contribution in [1.29, 1.82) is 0 Å². The monoisotopic (exact) mass is 242 g/mol. The Labute approximate surface area is 103 Å². The van der Waals surface area contributed by atoms with Crippen LogP contribution in [0.1, 0.15) is 0 Å². The fraction of sp³-hybridized carbons (Fsp3) is 0.0833. The number of rotatable bonds is 1. The van der Waals surface area contributed by atoms with E-state index in [1.165, 1.54) is 0 Å². The lowest BCUT2D eigenvalue weighted by Gasteiger charge is -2.00. The number of hydrogen-bond donors (Lipinski definition) is 1. The fourth-order valence-electron chi connectivity index (χ4n) is 1.90. The van der Waals surface area contributed by atoms with E-state index in [-0.39, 0.29) is 0 Å². The molecule has 0 fully saturated rings. The summed E-state index contributed by atoms with van der Waals surface area (Å²) >= 11 is 5.21. The van der Waals surface area contributed by atoms with Gasteiger partial charge in [0, 0.05) is 12.6 Å². The molecule has 1 N–H and O–H groups in total. The minimum Gasteiger partial charge on any atom is -0.329 e. The molecule has 17 heavy (non-hydrogen) atoms. The Morgan fingerprint density at radius 2 is 2.00 bits per heavy atom. The Bertz CT molecular complexity index is 727. The van der Waals surface area contributed by atoms with Gasteiger partial charge in [-0.15, -0.1) is 0 Å². The first-order chi connectivity index (χ1) is 8.27. The summed E-state index contributed by atoms with van der Waals surface area (Å²) < 4.78 is 2.53. The average Bonchev–Trinajstić information content (AvgIpc) is 2.69. The van der Waals surface area contributed by atoms with E-state index in [4.69, 9.17) is 12.2 Å². The molecule has 0 amide bonds. The zero-order chi connectivity index (χ0) is 11.8. The summed E-state index contributed by atoms with van der Waals surface area (Å²) in [7, 11) is 1.95. The highest BCUT2D eigenvalue weighted by Gasteiger charge is 2.10. The molecule has 2 heterocycles. The van der Waals surface area contributed by atoms with Gasteiger partial charge in [0.2, 0.25) is 0 Å². The third-order valence-electron chi connectivity index (χ3n) is 2.71. The summed E-state index contributed by atoms with van der Waals surface area (Å²) in [5, 5.41) is 0. The maximum Gasteiger partial charge on any atom is 0.160 e. The summed E-state index contributed by atoms with van der Waals surface area (Å²) in [6.45, 7) is 0. The summed E-state index contributed by atoms with van der Waals surface area (Å²) in [6, 6.07) is 10.0. The van der Waals surface area contributed by atoms with E-state index in [9.17, 15) is 0 Å². The van der Waals surface area contributed by atoms with E-state index in [1.54, 1.807) is 6.33 Å². The molecular weight excluding hydrogens is 232 g/mol. The minimum absolute atomic E-state index is 0.566. The molecule has 0 spiro atoms. The number of imidazole rings is 1. The van der Waals surface area contributed by atoms with Gasteiger partial charge in [0.25, 0.3) is 0 Å². The minimum atomic E-state index is 0.566. The summed E-state index contributed by atoms with van der Waals surface area (Å²) in [4.78, 5) is 11.6. The number of aromatic amines is 1. The van der Waals surface area contributed by atoms with Gasteiger partial charge >= 0.3 is 0 Å². The molecule has 0 radical (unpaired) electrons. The molecular formula is C12H10N4S. The Morgan fingerprint density at radius 1 is 1.24 bits per heavy atom. The molecule has 0 saturated heterocycles. The van der Waals surface area contributed by atoms with Crippen LogP contribution < -0.4 is 0 Å². The number of nitrogens with zero attached hydrogens (tertiary/aromatic N) is 3. The van der Waals surface area contributed by atoms with Gasteiger partial charge in [-0.3, -0.25) is 0 Å². The van der Waals surface area contributed by atoms with Crippen LogP contribution in [0.15, 0.2) is 36.7 Å². The molecule has 0 atom stereocenters. The van der Waals surface area contributed by atoms with E-state index < -0.39 is 0 Å². The number of aromatic nitrogens is 4. The molecule has 0 aliphatic heterocycles. The largest absolute Gasteiger partial charge is 0.329 e. The highest BCUT2D eigenvalue weighted by Crippen LogP contribution is 2.21. The lowest BCUT2D eigenvalue weighted by molar-refractivity contribution is 0.953. The van der Waals surface area contributed by atoms with Crippen LogP contribution in [-0.4, -0.2) is 19.5 Å². The molecule has 0 saturated carbocycles. The second-order valence-electron chi connectivity index (χ2n) is 3.77. The Hall–Kier alpha value is -2.01. The molecule has 3 aromatic rings. The summed E-state index contributed by atoms with van der Waals surface area (Å²) in [6.07, 6.45) is 1.58. The second kappa shape index (κ2) is 3.78. The third kappa shape index (κ3) is 1.55. The third-order valence-corrected chi connectivity index (χ3v) is 3.01. The van der Waals surface area contributed by atoms with Gasteiger partial charge in [0.05, 0.1) is 6.33 Å². The average molecular weight is 242 g/mol. The molecule has 3 rings (SSSR count). The zero-order valence-corrected chi connectivity index (χ0v) is 10.0. The van der Waals surface area contributed by atoms with Crippen molar-refractivity contribution in [3.8, 4) is 11.4 Å². The first kappa shape index (κ1) is 10.2. The lowest BCUT2D eigenvalue weighted by Crippen LogP contribution is -1.93. The van der Waals surface area contributed by atoms with E-state index in [0.29, 0.717) is 4.64 Å². The van der Waals surface area contributed by atoms with Gasteiger partial charge in [0.15, 0.2) is 10.3 Å². The van der Waals surface area contributed by atoms with Crippen molar-refractivity contribution in [3.63, 3.8) is 0 Å². The predicted molar refractivity (Wildman–Crippen MR) is 69.1 cm³/mol. The van der Waals surface area contributed by atoms with Crippen molar-refractivity contribution in [2.75, 3.05) is 0 Å². The summed E-state index contributed by atoms with van der Waals surface area (Å²) in [5.74, 6) is 0.885. The van der Waals surface area contributed by atoms with Crippen LogP contribution in [0, 0.1) is 4.64 Å². The maximum absolute atomic E-state index is 5.21. The number of H-pyrrole nitrogens is 1. The van der Waals surface area contributed by atoms with Gasteiger partial charge in [-0.05, 0) is 0 Å². The van der Waals surface area contributed by atoms with Gasteiger partial charge in [0.1, 0.15) is 11.3 Å². The summed E-state index contributed by atoms with van der Waals surface area (Å²) in [5.41, 5.74) is 2.70. The maximum atomic E-state index is 5.21. The Morgan fingerprint density at radius 3 is 2.71 bits per heavy atom. The lowest BCUT2D eigenvalue weighted by atomic mass is 10.2. The molecule has 1 aromatic carbocycles. The molecule has 0 unspecified atom stereocenters. The van der Waals surface area contributed by atoms with Gasteiger partial charge in [-0.2, -0.15) is 0 Å². The molecule has 0 aliphatic rings.